The Balaban J connectivity index is 1.41. The molecule has 0 spiro atoms. The highest BCUT2D eigenvalue weighted by molar-refractivity contribution is 7.89. The van der Waals surface area contributed by atoms with Crippen LogP contribution in [0.4, 0.5) is 5.13 Å². The molecule has 2 heterocycles. The molecule has 1 saturated heterocycles. The quantitative estimate of drug-likeness (QED) is 0.410. The van der Waals surface area contributed by atoms with E-state index >= 15 is 0 Å². The third kappa shape index (κ3) is 5.30. The number of halogens is 4. The number of sulfonamides is 1. The number of piperazine rings is 1. The largest absolute Gasteiger partial charge is 0.345 e. The number of thiazole rings is 1. The Morgan fingerprint density at radius 2 is 1.58 bits per heavy atom. The molecular weight excluding hydrogens is 520 g/mol. The van der Waals surface area contributed by atoms with Crippen molar-refractivity contribution in [3.05, 3.63) is 73.1 Å². The number of anilines is 1. The number of hydrogen-bond donors (Lipinski definition) is 0. The van der Waals surface area contributed by atoms with Crippen LogP contribution in [0.5, 0.6) is 0 Å². The third-order valence-corrected chi connectivity index (χ3v) is 8.89. The molecule has 0 amide bonds. The minimum atomic E-state index is -3.66. The summed E-state index contributed by atoms with van der Waals surface area (Å²) in [6.45, 7) is 1.81. The second-order valence-corrected chi connectivity index (χ2v) is 11.5. The lowest BCUT2D eigenvalue weighted by atomic mass is 10.1. The van der Waals surface area contributed by atoms with E-state index in [1.165, 1.54) is 22.5 Å². The summed E-state index contributed by atoms with van der Waals surface area (Å²) < 4.78 is 27.4. The lowest BCUT2D eigenvalue weighted by molar-refractivity contribution is 0.384. The summed E-state index contributed by atoms with van der Waals surface area (Å²) >= 11 is 25.6. The Hall–Kier alpha value is -1.06. The molecule has 11 heteroatoms. The van der Waals surface area contributed by atoms with E-state index in [1.807, 2.05) is 17.5 Å². The summed E-state index contributed by atoms with van der Waals surface area (Å²) in [6.07, 6.45) is 0.650. The third-order valence-electron chi connectivity index (χ3n) is 4.89. The van der Waals surface area contributed by atoms with Gasteiger partial charge in [-0.2, -0.15) is 4.31 Å². The maximum atomic E-state index is 13.0. The second kappa shape index (κ2) is 9.43. The average Bonchev–Trinajstić information content (AvgIpc) is 3.18. The zero-order chi connectivity index (χ0) is 22.2. The number of benzene rings is 2. The van der Waals surface area contributed by atoms with E-state index in [9.17, 15) is 8.42 Å². The fourth-order valence-electron chi connectivity index (χ4n) is 3.33. The van der Waals surface area contributed by atoms with Crippen molar-refractivity contribution >= 4 is 72.9 Å². The van der Waals surface area contributed by atoms with Crippen molar-refractivity contribution in [3.8, 4) is 0 Å². The number of nitrogens with zero attached hydrogens (tertiary/aromatic N) is 3. The Bertz CT molecular complexity index is 1190. The lowest BCUT2D eigenvalue weighted by Crippen LogP contribution is -2.48. The van der Waals surface area contributed by atoms with Crippen molar-refractivity contribution in [2.24, 2.45) is 0 Å². The SMILES string of the molecule is O=S(=O)(c1cc(Cl)cc(Cl)c1)N1CCN(c2nc(Cc3ccc(Cl)c(Cl)c3)cs2)CC1. The Morgan fingerprint density at radius 3 is 2.23 bits per heavy atom. The number of hydrogen-bond acceptors (Lipinski definition) is 5. The highest BCUT2D eigenvalue weighted by Gasteiger charge is 2.30. The van der Waals surface area contributed by atoms with Gasteiger partial charge in [0.2, 0.25) is 10.0 Å². The molecule has 31 heavy (non-hydrogen) atoms. The predicted molar refractivity (Wildman–Crippen MR) is 129 cm³/mol. The van der Waals surface area contributed by atoms with E-state index in [2.05, 4.69) is 4.90 Å². The summed E-state index contributed by atoms with van der Waals surface area (Å²) in [6, 6.07) is 9.90. The molecule has 1 aliphatic rings. The van der Waals surface area contributed by atoms with Gasteiger partial charge in [0.1, 0.15) is 0 Å². The second-order valence-electron chi connectivity index (χ2n) is 7.04. The smallest absolute Gasteiger partial charge is 0.243 e. The summed E-state index contributed by atoms with van der Waals surface area (Å²) in [7, 11) is -3.66. The van der Waals surface area contributed by atoms with E-state index in [1.54, 1.807) is 17.4 Å². The van der Waals surface area contributed by atoms with Gasteiger partial charge in [0.15, 0.2) is 5.13 Å². The van der Waals surface area contributed by atoms with E-state index in [4.69, 9.17) is 51.4 Å². The van der Waals surface area contributed by atoms with E-state index in [0.717, 1.165) is 16.4 Å². The van der Waals surface area contributed by atoms with Crippen molar-refractivity contribution in [1.82, 2.24) is 9.29 Å². The molecule has 4 rings (SSSR count). The Labute approximate surface area is 205 Å². The van der Waals surface area contributed by atoms with Gasteiger partial charge in [-0.25, -0.2) is 13.4 Å². The minimum Gasteiger partial charge on any atom is -0.345 e. The highest BCUT2D eigenvalue weighted by atomic mass is 35.5. The van der Waals surface area contributed by atoms with E-state index in [-0.39, 0.29) is 4.90 Å². The molecule has 5 nitrogen and oxygen atoms in total. The van der Waals surface area contributed by atoms with Crippen molar-refractivity contribution < 1.29 is 8.42 Å². The van der Waals surface area contributed by atoms with Crippen LogP contribution in [0.3, 0.4) is 0 Å². The van der Waals surface area contributed by atoms with Crippen molar-refractivity contribution in [2.45, 2.75) is 11.3 Å². The molecule has 1 fully saturated rings. The van der Waals surface area contributed by atoms with Crippen molar-refractivity contribution in [1.29, 1.82) is 0 Å². The van der Waals surface area contributed by atoms with Gasteiger partial charge < -0.3 is 4.90 Å². The van der Waals surface area contributed by atoms with Gasteiger partial charge in [-0.1, -0.05) is 52.5 Å². The maximum absolute atomic E-state index is 13.0. The first-order valence-corrected chi connectivity index (χ1v) is 13.1. The van der Waals surface area contributed by atoms with Gasteiger partial charge in [-0.15, -0.1) is 11.3 Å². The van der Waals surface area contributed by atoms with Crippen LogP contribution in [0.15, 0.2) is 46.7 Å². The van der Waals surface area contributed by atoms with Gasteiger partial charge in [-0.05, 0) is 35.9 Å². The molecule has 164 valence electrons. The molecular formula is C20H17Cl4N3O2S2. The molecule has 0 bridgehead atoms. The first kappa shape index (κ1) is 23.1. The monoisotopic (exact) mass is 535 g/mol. The Kier molecular flexibility index (Phi) is 7.03. The number of aromatic nitrogens is 1. The van der Waals surface area contributed by atoms with Gasteiger partial charge in [0.05, 0.1) is 20.6 Å². The molecule has 0 atom stereocenters. The lowest BCUT2D eigenvalue weighted by Gasteiger charge is -2.33. The van der Waals surface area contributed by atoms with Crippen molar-refractivity contribution in [2.75, 3.05) is 31.1 Å². The van der Waals surface area contributed by atoms with Crippen LogP contribution >= 0.6 is 57.7 Å². The van der Waals surface area contributed by atoms with Crippen LogP contribution in [-0.2, 0) is 16.4 Å². The Morgan fingerprint density at radius 1 is 0.903 bits per heavy atom. The molecule has 1 aromatic heterocycles. The minimum absolute atomic E-state index is 0.108. The van der Waals surface area contributed by atoms with Crippen molar-refractivity contribution in [3.63, 3.8) is 0 Å². The fourth-order valence-corrected chi connectivity index (χ4v) is 6.68. The zero-order valence-electron chi connectivity index (χ0n) is 16.1. The normalized spacial score (nSPS) is 15.4. The standard InChI is InChI=1S/C20H17Cl4N3O2S2/c21-14-9-15(22)11-17(10-14)31(28,29)27-5-3-26(4-6-27)20-25-16(12-30-20)7-13-1-2-18(23)19(24)8-13/h1-2,8-12H,3-7H2. The maximum Gasteiger partial charge on any atom is 0.243 e. The summed E-state index contributed by atoms with van der Waals surface area (Å²) in [5.74, 6) is 0. The van der Waals surface area contributed by atoms with Gasteiger partial charge in [0.25, 0.3) is 0 Å². The van der Waals surface area contributed by atoms with Gasteiger partial charge in [-0.3, -0.25) is 0 Å². The molecule has 3 aromatic rings. The van der Waals surface area contributed by atoms with Crippen LogP contribution < -0.4 is 4.90 Å². The molecule has 0 radical (unpaired) electrons. The molecule has 0 saturated carbocycles. The van der Waals surface area contributed by atoms with E-state index in [0.29, 0.717) is 52.7 Å². The van der Waals surface area contributed by atoms with Crippen LogP contribution in [0, 0.1) is 0 Å². The summed E-state index contributed by atoms with van der Waals surface area (Å²) in [5.41, 5.74) is 1.96. The highest BCUT2D eigenvalue weighted by Crippen LogP contribution is 2.29. The molecule has 2 aromatic carbocycles. The van der Waals surface area contributed by atoms with Gasteiger partial charge >= 0.3 is 0 Å². The number of rotatable bonds is 5. The molecule has 0 N–H and O–H groups in total. The fraction of sp³-hybridized carbons (Fsp3) is 0.250. The predicted octanol–water partition coefficient (Wildman–Crippen LogP) is 5.86. The first-order valence-electron chi connectivity index (χ1n) is 9.32. The topological polar surface area (TPSA) is 53.5 Å². The first-order chi connectivity index (χ1) is 14.7. The summed E-state index contributed by atoms with van der Waals surface area (Å²) in [5, 5.41) is 4.52. The van der Waals surface area contributed by atoms with Gasteiger partial charge in [0, 0.05) is 48.0 Å². The van der Waals surface area contributed by atoms with Crippen LogP contribution in [0.25, 0.3) is 0 Å². The van der Waals surface area contributed by atoms with Crippen LogP contribution in [0.1, 0.15) is 11.3 Å². The van der Waals surface area contributed by atoms with Crippen LogP contribution in [-0.4, -0.2) is 43.9 Å². The molecule has 1 aliphatic heterocycles. The molecule has 0 aliphatic carbocycles. The van der Waals surface area contributed by atoms with Crippen LogP contribution in [0.2, 0.25) is 20.1 Å². The zero-order valence-corrected chi connectivity index (χ0v) is 20.7. The molecule has 0 unspecified atom stereocenters. The van der Waals surface area contributed by atoms with E-state index < -0.39 is 10.0 Å². The summed E-state index contributed by atoms with van der Waals surface area (Å²) in [4.78, 5) is 6.92. The average molecular weight is 537 g/mol.